The maximum absolute atomic E-state index is 12.4. The van der Waals surface area contributed by atoms with Crippen LogP contribution < -0.4 is 14.8 Å². The van der Waals surface area contributed by atoms with Crippen molar-refractivity contribution in [3.63, 3.8) is 0 Å². The van der Waals surface area contributed by atoms with Gasteiger partial charge in [-0.3, -0.25) is 4.79 Å². The third kappa shape index (κ3) is 7.17. The summed E-state index contributed by atoms with van der Waals surface area (Å²) < 4.78 is 13.8. The number of rotatable bonds is 14. The van der Waals surface area contributed by atoms with Crippen molar-refractivity contribution in [2.45, 2.75) is 38.6 Å². The van der Waals surface area contributed by atoms with Crippen LogP contribution in [0.2, 0.25) is 5.02 Å². The molecule has 1 heterocycles. The third-order valence-corrected chi connectivity index (χ3v) is 6.70. The number of carbonyl (C=O) groups is 1. The van der Waals surface area contributed by atoms with E-state index in [0.29, 0.717) is 18.2 Å². The van der Waals surface area contributed by atoms with E-state index < -0.39 is 0 Å². The van der Waals surface area contributed by atoms with Crippen LogP contribution in [0, 0.1) is 0 Å². The average Bonchev–Trinajstić information content (AvgIpc) is 3.28. The normalized spacial score (nSPS) is 10.9. The zero-order valence-electron chi connectivity index (χ0n) is 21.8. The molecule has 4 rings (SSSR count). The van der Waals surface area contributed by atoms with E-state index in [4.69, 9.17) is 26.1 Å². The van der Waals surface area contributed by atoms with Crippen molar-refractivity contribution < 1.29 is 14.3 Å². The van der Waals surface area contributed by atoms with Crippen molar-refractivity contribution in [1.82, 2.24) is 14.9 Å². The fraction of sp³-hybridized carbons (Fsp3) is 0.290. The number of carbonyl (C=O) groups excluding carboxylic acids is 1. The highest BCUT2D eigenvalue weighted by atomic mass is 35.5. The van der Waals surface area contributed by atoms with Gasteiger partial charge in [0, 0.05) is 24.5 Å². The monoisotopic (exact) mass is 531 g/mol. The van der Waals surface area contributed by atoms with Gasteiger partial charge in [0.1, 0.15) is 5.82 Å². The Bertz CT molecular complexity index is 1380. The number of nitrogens with one attached hydrogen (secondary N) is 1. The van der Waals surface area contributed by atoms with Gasteiger partial charge in [0.2, 0.25) is 5.91 Å². The van der Waals surface area contributed by atoms with Gasteiger partial charge in [-0.15, -0.1) is 6.58 Å². The van der Waals surface area contributed by atoms with Crippen LogP contribution in [0.3, 0.4) is 0 Å². The molecule has 0 atom stereocenters. The van der Waals surface area contributed by atoms with Crippen LogP contribution >= 0.6 is 11.6 Å². The predicted octanol–water partition coefficient (Wildman–Crippen LogP) is 6.19. The molecule has 1 amide bonds. The van der Waals surface area contributed by atoms with Crippen LogP contribution in [0.15, 0.2) is 79.4 Å². The zero-order chi connectivity index (χ0) is 26.7. The number of benzene rings is 3. The van der Waals surface area contributed by atoms with Gasteiger partial charge in [0.25, 0.3) is 0 Å². The molecule has 198 valence electrons. The van der Waals surface area contributed by atoms with Crippen molar-refractivity contribution in [3.8, 4) is 11.5 Å². The largest absolute Gasteiger partial charge is 0.493 e. The first-order chi connectivity index (χ1) is 18.6. The fourth-order valence-corrected chi connectivity index (χ4v) is 4.65. The molecule has 38 heavy (non-hydrogen) atoms. The van der Waals surface area contributed by atoms with Crippen LogP contribution in [0.4, 0.5) is 0 Å². The van der Waals surface area contributed by atoms with E-state index in [1.807, 2.05) is 60.7 Å². The second kappa shape index (κ2) is 13.7. The summed E-state index contributed by atoms with van der Waals surface area (Å²) in [5.41, 5.74) is 4.06. The van der Waals surface area contributed by atoms with E-state index in [0.717, 1.165) is 71.7 Å². The first kappa shape index (κ1) is 27.3. The van der Waals surface area contributed by atoms with Gasteiger partial charge in [-0.2, -0.15) is 0 Å². The van der Waals surface area contributed by atoms with Crippen molar-refractivity contribution >= 4 is 28.5 Å². The Morgan fingerprint density at radius 2 is 1.89 bits per heavy atom. The number of allylic oxidation sites excluding steroid dienone is 1. The summed E-state index contributed by atoms with van der Waals surface area (Å²) in [6.07, 6.45) is 5.32. The standard InChI is InChI=1S/C31H34ClN3O3/c1-3-10-23-16-17-28(29(21-23)37-2)38-20-9-19-35-27-14-7-6-13-26(27)34-30(35)15-8-18-33-31(36)22-24-11-4-5-12-25(24)32/h3-7,11-14,16-17,21H,1,8-10,15,18-20,22H2,2H3,(H,33,36). The molecular weight excluding hydrogens is 498 g/mol. The highest BCUT2D eigenvalue weighted by Crippen LogP contribution is 2.28. The molecule has 0 bridgehead atoms. The summed E-state index contributed by atoms with van der Waals surface area (Å²) in [4.78, 5) is 17.2. The number of nitrogens with zero attached hydrogens (tertiary/aromatic N) is 2. The summed E-state index contributed by atoms with van der Waals surface area (Å²) in [5, 5.41) is 3.62. The van der Waals surface area contributed by atoms with E-state index in [1.165, 1.54) is 0 Å². The number of aryl methyl sites for hydroxylation is 2. The Morgan fingerprint density at radius 3 is 2.71 bits per heavy atom. The number of ether oxygens (including phenoxy) is 2. The first-order valence-electron chi connectivity index (χ1n) is 12.9. The summed E-state index contributed by atoms with van der Waals surface area (Å²) >= 11 is 6.18. The minimum absolute atomic E-state index is 0.0308. The van der Waals surface area contributed by atoms with Gasteiger partial charge in [-0.1, -0.05) is 54.1 Å². The number of hydrogen-bond donors (Lipinski definition) is 1. The SMILES string of the molecule is C=CCc1ccc(OCCCn2c(CCCNC(=O)Cc3ccccc3Cl)nc3ccccc32)c(OC)c1. The second-order valence-corrected chi connectivity index (χ2v) is 9.48. The number of methoxy groups -OCH3 is 1. The van der Waals surface area contributed by atoms with Crippen LogP contribution in [0.5, 0.6) is 11.5 Å². The van der Waals surface area contributed by atoms with Crippen molar-refractivity contribution in [2.24, 2.45) is 0 Å². The summed E-state index contributed by atoms with van der Waals surface area (Å²) in [6, 6.07) is 21.6. The minimum Gasteiger partial charge on any atom is -0.493 e. The number of aromatic nitrogens is 2. The van der Waals surface area contributed by atoms with Gasteiger partial charge in [0.05, 0.1) is 31.2 Å². The lowest BCUT2D eigenvalue weighted by molar-refractivity contribution is -0.120. The fourth-order valence-electron chi connectivity index (χ4n) is 4.45. The lowest BCUT2D eigenvalue weighted by atomic mass is 10.1. The average molecular weight is 532 g/mol. The van der Waals surface area contributed by atoms with Gasteiger partial charge >= 0.3 is 0 Å². The van der Waals surface area contributed by atoms with E-state index in [2.05, 4.69) is 22.5 Å². The van der Waals surface area contributed by atoms with Gasteiger partial charge in [-0.05, 0) is 60.7 Å². The second-order valence-electron chi connectivity index (χ2n) is 9.07. The lowest BCUT2D eigenvalue weighted by Gasteiger charge is -2.13. The molecule has 1 N–H and O–H groups in total. The van der Waals surface area contributed by atoms with Crippen LogP contribution in [-0.2, 0) is 30.6 Å². The molecule has 3 aromatic carbocycles. The van der Waals surface area contributed by atoms with E-state index in [1.54, 1.807) is 13.2 Å². The summed E-state index contributed by atoms with van der Waals surface area (Å²) in [7, 11) is 1.66. The molecule has 0 saturated carbocycles. The van der Waals surface area contributed by atoms with Gasteiger partial charge in [0.15, 0.2) is 11.5 Å². The molecule has 1 aromatic heterocycles. The molecular formula is C31H34ClN3O3. The molecule has 0 spiro atoms. The third-order valence-electron chi connectivity index (χ3n) is 6.33. The maximum atomic E-state index is 12.4. The number of fused-ring (bicyclic) bond motifs is 1. The lowest BCUT2D eigenvalue weighted by Crippen LogP contribution is -2.26. The molecule has 0 aliphatic rings. The Hall–Kier alpha value is -3.77. The molecule has 0 aliphatic heterocycles. The van der Waals surface area contributed by atoms with Crippen LogP contribution in [0.25, 0.3) is 11.0 Å². The number of para-hydroxylation sites is 2. The number of imidazole rings is 1. The molecule has 7 heteroatoms. The highest BCUT2D eigenvalue weighted by Gasteiger charge is 2.12. The molecule has 0 unspecified atom stereocenters. The number of hydrogen-bond acceptors (Lipinski definition) is 4. The Morgan fingerprint density at radius 1 is 1.08 bits per heavy atom. The van der Waals surface area contributed by atoms with E-state index in [-0.39, 0.29) is 12.3 Å². The van der Waals surface area contributed by atoms with Crippen LogP contribution in [0.1, 0.15) is 29.8 Å². The Labute approximate surface area is 229 Å². The van der Waals surface area contributed by atoms with Crippen LogP contribution in [-0.4, -0.2) is 35.7 Å². The topological polar surface area (TPSA) is 65.4 Å². The summed E-state index contributed by atoms with van der Waals surface area (Å²) in [5.74, 6) is 2.45. The predicted molar refractivity (Wildman–Crippen MR) is 153 cm³/mol. The Kier molecular flexibility index (Phi) is 9.82. The quantitative estimate of drug-likeness (QED) is 0.156. The molecule has 0 fully saturated rings. The number of halogens is 1. The molecule has 0 saturated heterocycles. The van der Waals surface area contributed by atoms with Crippen molar-refractivity contribution in [2.75, 3.05) is 20.3 Å². The van der Waals surface area contributed by atoms with Gasteiger partial charge in [-0.25, -0.2) is 4.98 Å². The van der Waals surface area contributed by atoms with Crippen molar-refractivity contribution in [1.29, 1.82) is 0 Å². The summed E-state index contributed by atoms with van der Waals surface area (Å²) in [6.45, 7) is 5.72. The molecule has 4 aromatic rings. The highest BCUT2D eigenvalue weighted by molar-refractivity contribution is 6.31. The molecule has 6 nitrogen and oxygen atoms in total. The van der Waals surface area contributed by atoms with E-state index in [9.17, 15) is 4.79 Å². The van der Waals surface area contributed by atoms with Gasteiger partial charge < -0.3 is 19.4 Å². The Balaban J connectivity index is 1.31. The smallest absolute Gasteiger partial charge is 0.224 e. The zero-order valence-corrected chi connectivity index (χ0v) is 22.5. The first-order valence-corrected chi connectivity index (χ1v) is 13.3. The molecule has 0 aliphatic carbocycles. The number of amides is 1. The molecule has 0 radical (unpaired) electrons. The minimum atomic E-state index is -0.0308. The van der Waals surface area contributed by atoms with Crippen molar-refractivity contribution in [3.05, 3.63) is 101 Å². The van der Waals surface area contributed by atoms with E-state index >= 15 is 0 Å². The maximum Gasteiger partial charge on any atom is 0.224 e.